The molecule has 0 aromatic heterocycles. The number of carbonyl (C=O) groups is 1. The maximum atomic E-state index is 12.5. The lowest BCUT2D eigenvalue weighted by Gasteiger charge is -2.24. The lowest BCUT2D eigenvalue weighted by atomic mass is 10.1. The Morgan fingerprint density at radius 2 is 1.95 bits per heavy atom. The molecule has 0 spiro atoms. The Kier molecular flexibility index (Phi) is 6.12. The Morgan fingerprint density at radius 3 is 2.47 bits per heavy atom. The molecule has 1 aromatic rings. The number of hydrogen-bond donors (Lipinski definition) is 1. The summed E-state index contributed by atoms with van der Waals surface area (Å²) in [6, 6.07) is 5.00. The minimum Gasteiger partial charge on any atom is -0.398 e. The van der Waals surface area contributed by atoms with Gasteiger partial charge in [-0.2, -0.15) is 0 Å². The van der Waals surface area contributed by atoms with Crippen LogP contribution in [0.2, 0.25) is 5.02 Å². The number of carbonyl (C=O) groups excluding carboxylic acids is 1. The van der Waals surface area contributed by atoms with Crippen molar-refractivity contribution in [3.8, 4) is 0 Å². The molecule has 1 rings (SSSR count). The average molecular weight is 284 g/mol. The molecule has 0 aliphatic carbocycles. The highest BCUT2D eigenvalue weighted by molar-refractivity contribution is 6.31. The first-order valence-corrected chi connectivity index (χ1v) is 6.82. The highest BCUT2D eigenvalue weighted by Gasteiger charge is 2.17. The molecule has 0 unspecified atom stereocenters. The lowest BCUT2D eigenvalue weighted by Crippen LogP contribution is -2.37. The van der Waals surface area contributed by atoms with Crippen molar-refractivity contribution in [2.75, 3.05) is 39.5 Å². The topological polar surface area (TPSA) is 49.6 Å². The van der Waals surface area contributed by atoms with Crippen molar-refractivity contribution >= 4 is 23.2 Å². The van der Waals surface area contributed by atoms with Gasteiger partial charge in [-0.3, -0.25) is 4.79 Å². The Labute approximate surface area is 120 Å². The van der Waals surface area contributed by atoms with Crippen LogP contribution in [0, 0.1) is 0 Å². The first kappa shape index (κ1) is 15.8. The summed E-state index contributed by atoms with van der Waals surface area (Å²) in [5.41, 5.74) is 6.83. The van der Waals surface area contributed by atoms with Gasteiger partial charge in [0.05, 0.1) is 5.56 Å². The lowest BCUT2D eigenvalue weighted by molar-refractivity contribution is 0.0746. The SMILES string of the molecule is CCCN(CCN(C)C)C(=O)c1ccc(Cl)cc1N. The summed E-state index contributed by atoms with van der Waals surface area (Å²) in [6.45, 7) is 4.32. The van der Waals surface area contributed by atoms with E-state index in [-0.39, 0.29) is 5.91 Å². The van der Waals surface area contributed by atoms with Crippen LogP contribution >= 0.6 is 11.6 Å². The van der Waals surface area contributed by atoms with Crippen LogP contribution in [0.5, 0.6) is 0 Å². The third-order valence-corrected chi connectivity index (χ3v) is 3.08. The molecule has 0 saturated carbocycles. The minimum atomic E-state index is -0.0298. The fraction of sp³-hybridized carbons (Fsp3) is 0.500. The monoisotopic (exact) mass is 283 g/mol. The first-order chi connectivity index (χ1) is 8.95. The fourth-order valence-electron chi connectivity index (χ4n) is 1.80. The van der Waals surface area contributed by atoms with Crippen molar-refractivity contribution in [1.29, 1.82) is 0 Å². The summed E-state index contributed by atoms with van der Waals surface area (Å²) < 4.78 is 0. The normalized spacial score (nSPS) is 10.8. The van der Waals surface area contributed by atoms with Crippen molar-refractivity contribution < 1.29 is 4.79 Å². The van der Waals surface area contributed by atoms with E-state index >= 15 is 0 Å². The molecule has 0 saturated heterocycles. The highest BCUT2D eigenvalue weighted by Crippen LogP contribution is 2.19. The van der Waals surface area contributed by atoms with Gasteiger partial charge in [0.2, 0.25) is 0 Å². The molecule has 0 bridgehead atoms. The quantitative estimate of drug-likeness (QED) is 0.815. The van der Waals surface area contributed by atoms with E-state index in [1.165, 1.54) is 0 Å². The van der Waals surface area contributed by atoms with Gasteiger partial charge in [0.25, 0.3) is 5.91 Å². The predicted octanol–water partition coefficient (Wildman–Crippen LogP) is 2.34. The van der Waals surface area contributed by atoms with Crippen molar-refractivity contribution in [3.05, 3.63) is 28.8 Å². The molecule has 2 N–H and O–H groups in total. The third kappa shape index (κ3) is 4.73. The van der Waals surface area contributed by atoms with Gasteiger partial charge in [-0.15, -0.1) is 0 Å². The smallest absolute Gasteiger partial charge is 0.255 e. The molecule has 0 atom stereocenters. The van der Waals surface area contributed by atoms with Gasteiger partial charge in [0.15, 0.2) is 0 Å². The number of anilines is 1. The number of nitrogens with two attached hydrogens (primary N) is 1. The standard InChI is InChI=1S/C14H22ClN3O/c1-4-7-18(9-8-17(2)3)14(19)12-6-5-11(15)10-13(12)16/h5-6,10H,4,7-9,16H2,1-3H3. The van der Waals surface area contributed by atoms with Crippen molar-refractivity contribution in [3.63, 3.8) is 0 Å². The number of amides is 1. The number of halogens is 1. The van der Waals surface area contributed by atoms with E-state index in [9.17, 15) is 4.79 Å². The van der Waals surface area contributed by atoms with Crippen LogP contribution in [0.15, 0.2) is 18.2 Å². The van der Waals surface area contributed by atoms with E-state index < -0.39 is 0 Å². The number of nitrogen functional groups attached to an aromatic ring is 1. The van der Waals surface area contributed by atoms with Crippen LogP contribution in [-0.4, -0.2) is 49.4 Å². The molecular formula is C14H22ClN3O. The van der Waals surface area contributed by atoms with E-state index in [0.29, 0.717) is 22.8 Å². The van der Waals surface area contributed by atoms with E-state index in [4.69, 9.17) is 17.3 Å². The van der Waals surface area contributed by atoms with Crippen LogP contribution in [-0.2, 0) is 0 Å². The minimum absolute atomic E-state index is 0.0298. The predicted molar refractivity (Wildman–Crippen MR) is 80.6 cm³/mol. The van der Waals surface area contributed by atoms with E-state index in [1.54, 1.807) is 18.2 Å². The molecule has 1 amide bonds. The molecule has 0 fully saturated rings. The Balaban J connectivity index is 2.85. The van der Waals surface area contributed by atoms with Gasteiger partial charge >= 0.3 is 0 Å². The second-order valence-electron chi connectivity index (χ2n) is 4.83. The molecule has 106 valence electrons. The second-order valence-corrected chi connectivity index (χ2v) is 5.26. The average Bonchev–Trinajstić information content (AvgIpc) is 2.33. The van der Waals surface area contributed by atoms with Crippen LogP contribution in [0.25, 0.3) is 0 Å². The Hall–Kier alpha value is -1.26. The summed E-state index contributed by atoms with van der Waals surface area (Å²) in [5, 5.41) is 0.546. The molecule has 0 aliphatic rings. The maximum absolute atomic E-state index is 12.5. The molecular weight excluding hydrogens is 262 g/mol. The number of likely N-dealkylation sites (N-methyl/N-ethyl adjacent to an activating group) is 1. The fourth-order valence-corrected chi connectivity index (χ4v) is 1.98. The molecule has 5 heteroatoms. The zero-order chi connectivity index (χ0) is 14.4. The van der Waals surface area contributed by atoms with Crippen LogP contribution < -0.4 is 5.73 Å². The van der Waals surface area contributed by atoms with Crippen molar-refractivity contribution in [2.45, 2.75) is 13.3 Å². The molecule has 4 nitrogen and oxygen atoms in total. The third-order valence-electron chi connectivity index (χ3n) is 2.84. The van der Waals surface area contributed by atoms with Crippen LogP contribution in [0.4, 0.5) is 5.69 Å². The van der Waals surface area contributed by atoms with Gasteiger partial charge < -0.3 is 15.5 Å². The Bertz CT molecular complexity index is 435. The molecule has 19 heavy (non-hydrogen) atoms. The first-order valence-electron chi connectivity index (χ1n) is 6.44. The number of rotatable bonds is 6. The van der Waals surface area contributed by atoms with Gasteiger partial charge in [-0.05, 0) is 38.7 Å². The summed E-state index contributed by atoms with van der Waals surface area (Å²) in [6.07, 6.45) is 0.923. The molecule has 1 aromatic carbocycles. The second kappa shape index (κ2) is 7.36. The summed E-state index contributed by atoms with van der Waals surface area (Å²) in [4.78, 5) is 16.4. The van der Waals surface area contributed by atoms with Gasteiger partial charge in [-0.25, -0.2) is 0 Å². The van der Waals surface area contributed by atoms with Crippen LogP contribution in [0.1, 0.15) is 23.7 Å². The largest absolute Gasteiger partial charge is 0.398 e. The highest BCUT2D eigenvalue weighted by atomic mass is 35.5. The number of benzene rings is 1. The van der Waals surface area contributed by atoms with Gasteiger partial charge in [0.1, 0.15) is 0 Å². The Morgan fingerprint density at radius 1 is 1.26 bits per heavy atom. The van der Waals surface area contributed by atoms with E-state index in [2.05, 4.69) is 11.8 Å². The van der Waals surface area contributed by atoms with Gasteiger partial charge in [0, 0.05) is 30.3 Å². The number of nitrogens with zero attached hydrogens (tertiary/aromatic N) is 2. The van der Waals surface area contributed by atoms with Crippen molar-refractivity contribution in [1.82, 2.24) is 9.80 Å². The van der Waals surface area contributed by atoms with Crippen molar-refractivity contribution in [2.24, 2.45) is 0 Å². The molecule has 0 heterocycles. The van der Waals surface area contributed by atoms with E-state index in [1.807, 2.05) is 19.0 Å². The van der Waals surface area contributed by atoms with Gasteiger partial charge in [-0.1, -0.05) is 18.5 Å². The van der Waals surface area contributed by atoms with E-state index in [0.717, 1.165) is 19.5 Å². The maximum Gasteiger partial charge on any atom is 0.255 e. The zero-order valence-electron chi connectivity index (χ0n) is 11.8. The summed E-state index contributed by atoms with van der Waals surface area (Å²) >= 11 is 5.85. The molecule has 0 aliphatic heterocycles. The zero-order valence-corrected chi connectivity index (χ0v) is 12.6. The summed E-state index contributed by atoms with van der Waals surface area (Å²) in [7, 11) is 3.98. The number of hydrogen-bond acceptors (Lipinski definition) is 3. The van der Waals surface area contributed by atoms with Crippen LogP contribution in [0.3, 0.4) is 0 Å². The summed E-state index contributed by atoms with van der Waals surface area (Å²) in [5.74, 6) is -0.0298. The molecule has 0 radical (unpaired) electrons.